The lowest BCUT2D eigenvalue weighted by atomic mass is 9.93. The van der Waals surface area contributed by atoms with Gasteiger partial charge in [0, 0.05) is 37.1 Å². The van der Waals surface area contributed by atoms with E-state index in [0.717, 1.165) is 17.1 Å². The van der Waals surface area contributed by atoms with Crippen LogP contribution in [0.3, 0.4) is 0 Å². The highest BCUT2D eigenvalue weighted by Gasteiger charge is 2.20. The molecule has 0 fully saturated rings. The molecule has 0 aliphatic carbocycles. The Morgan fingerprint density at radius 3 is 1.59 bits per heavy atom. The van der Waals surface area contributed by atoms with Gasteiger partial charge in [0.15, 0.2) is 0 Å². The first-order valence-corrected chi connectivity index (χ1v) is 19.2. The van der Waals surface area contributed by atoms with Crippen molar-refractivity contribution in [2.24, 2.45) is 0 Å². The largest absolute Gasteiger partial charge is 0.310 e. The van der Waals surface area contributed by atoms with Crippen LogP contribution in [0.15, 0.2) is 212 Å². The van der Waals surface area contributed by atoms with E-state index >= 15 is 0 Å². The van der Waals surface area contributed by atoms with Crippen molar-refractivity contribution in [3.05, 3.63) is 212 Å². The molecular weight excluding hydrogens is 671 g/mol. The normalized spacial score (nSPS) is 11.3. The van der Waals surface area contributed by atoms with Crippen LogP contribution in [0, 0.1) is 0 Å². The first kappa shape index (κ1) is 32.0. The minimum Gasteiger partial charge on any atom is -0.310 e. The summed E-state index contributed by atoms with van der Waals surface area (Å²) in [6.07, 6.45) is 0. The SMILES string of the molecule is c1ccc(-c2ccc(N(c3ccc(-c4cccc5ccccc45)cc3)c3ccc(-c4cccc5sc6ccccc6c45)cc3-c3ccccc3)cc2)cc1. The van der Waals surface area contributed by atoms with E-state index in [9.17, 15) is 0 Å². The minimum absolute atomic E-state index is 1.10. The maximum absolute atomic E-state index is 2.41. The zero-order valence-corrected chi connectivity index (χ0v) is 30.4. The van der Waals surface area contributed by atoms with Crippen LogP contribution in [0.5, 0.6) is 0 Å². The summed E-state index contributed by atoms with van der Waals surface area (Å²) in [7, 11) is 0. The van der Waals surface area contributed by atoms with Gasteiger partial charge in [-0.05, 0) is 98.2 Å². The van der Waals surface area contributed by atoms with Gasteiger partial charge < -0.3 is 4.90 Å². The lowest BCUT2D eigenvalue weighted by Gasteiger charge is -2.29. The van der Waals surface area contributed by atoms with Crippen molar-refractivity contribution in [1.82, 2.24) is 0 Å². The summed E-state index contributed by atoms with van der Waals surface area (Å²) >= 11 is 1.86. The molecule has 0 saturated heterocycles. The molecule has 0 atom stereocenters. The van der Waals surface area contributed by atoms with Crippen molar-refractivity contribution in [2.45, 2.75) is 0 Å². The fourth-order valence-corrected chi connectivity index (χ4v) is 9.02. The van der Waals surface area contributed by atoms with Crippen molar-refractivity contribution in [3.63, 3.8) is 0 Å². The van der Waals surface area contributed by atoms with Gasteiger partial charge in [-0.3, -0.25) is 0 Å². The molecule has 9 aromatic carbocycles. The van der Waals surface area contributed by atoms with Crippen LogP contribution in [0.1, 0.15) is 0 Å². The molecule has 10 aromatic rings. The molecule has 0 radical (unpaired) electrons. The fourth-order valence-electron chi connectivity index (χ4n) is 7.89. The Balaban J connectivity index is 1.16. The minimum atomic E-state index is 1.10. The molecule has 2 heteroatoms. The molecule has 10 rings (SSSR count). The third-order valence-corrected chi connectivity index (χ3v) is 11.6. The topological polar surface area (TPSA) is 3.24 Å². The molecule has 1 aromatic heterocycles. The zero-order valence-electron chi connectivity index (χ0n) is 29.6. The third kappa shape index (κ3) is 5.74. The molecule has 254 valence electrons. The predicted molar refractivity (Wildman–Crippen MR) is 233 cm³/mol. The molecule has 0 saturated carbocycles. The van der Waals surface area contributed by atoms with Gasteiger partial charge in [-0.25, -0.2) is 0 Å². The summed E-state index contributed by atoms with van der Waals surface area (Å²) in [5.74, 6) is 0. The maximum Gasteiger partial charge on any atom is 0.0540 e. The summed E-state index contributed by atoms with van der Waals surface area (Å²) in [6.45, 7) is 0. The van der Waals surface area contributed by atoms with Gasteiger partial charge in [0.05, 0.1) is 5.69 Å². The van der Waals surface area contributed by atoms with E-state index in [2.05, 4.69) is 217 Å². The number of hydrogen-bond acceptors (Lipinski definition) is 2. The maximum atomic E-state index is 2.41. The smallest absolute Gasteiger partial charge is 0.0540 e. The molecule has 0 amide bonds. The summed E-state index contributed by atoms with van der Waals surface area (Å²) in [6, 6.07) is 77.1. The van der Waals surface area contributed by atoms with Crippen LogP contribution >= 0.6 is 11.3 Å². The van der Waals surface area contributed by atoms with Gasteiger partial charge in [0.1, 0.15) is 0 Å². The molecular formula is C52H35NS. The van der Waals surface area contributed by atoms with Gasteiger partial charge in [-0.2, -0.15) is 0 Å². The highest BCUT2D eigenvalue weighted by Crippen LogP contribution is 2.46. The second-order valence-electron chi connectivity index (χ2n) is 13.7. The lowest BCUT2D eigenvalue weighted by Crippen LogP contribution is -2.11. The summed E-state index contributed by atoms with van der Waals surface area (Å²) in [4.78, 5) is 2.41. The van der Waals surface area contributed by atoms with Gasteiger partial charge >= 0.3 is 0 Å². The predicted octanol–water partition coefficient (Wildman–Crippen LogP) is 15.3. The van der Waals surface area contributed by atoms with Gasteiger partial charge in [0.2, 0.25) is 0 Å². The van der Waals surface area contributed by atoms with Crippen LogP contribution in [-0.4, -0.2) is 0 Å². The number of fused-ring (bicyclic) bond motifs is 4. The Kier molecular flexibility index (Phi) is 8.09. The van der Waals surface area contributed by atoms with Crippen molar-refractivity contribution in [2.75, 3.05) is 4.90 Å². The Morgan fingerprint density at radius 2 is 0.833 bits per heavy atom. The number of benzene rings is 9. The number of rotatable bonds is 7. The Bertz CT molecular complexity index is 2900. The number of thiophene rings is 1. The average molecular weight is 706 g/mol. The number of nitrogens with zero attached hydrogens (tertiary/aromatic N) is 1. The molecule has 0 aliphatic heterocycles. The third-order valence-electron chi connectivity index (χ3n) is 10.5. The Morgan fingerprint density at radius 1 is 0.315 bits per heavy atom. The van der Waals surface area contributed by atoms with Crippen LogP contribution in [0.2, 0.25) is 0 Å². The van der Waals surface area contributed by atoms with Crippen molar-refractivity contribution in [1.29, 1.82) is 0 Å². The van der Waals surface area contributed by atoms with Crippen molar-refractivity contribution >= 4 is 59.3 Å². The highest BCUT2D eigenvalue weighted by atomic mass is 32.1. The molecule has 1 nitrogen and oxygen atoms in total. The van der Waals surface area contributed by atoms with E-state index in [1.54, 1.807) is 0 Å². The molecule has 0 unspecified atom stereocenters. The van der Waals surface area contributed by atoms with Crippen LogP contribution in [0.25, 0.3) is 75.5 Å². The Labute approximate surface area is 319 Å². The van der Waals surface area contributed by atoms with E-state index in [0.29, 0.717) is 0 Å². The average Bonchev–Trinajstić information content (AvgIpc) is 3.64. The summed E-state index contributed by atoms with van der Waals surface area (Å²) < 4.78 is 2.63. The fraction of sp³-hybridized carbons (Fsp3) is 0. The number of hydrogen-bond donors (Lipinski definition) is 0. The monoisotopic (exact) mass is 705 g/mol. The molecule has 0 N–H and O–H groups in total. The van der Waals surface area contributed by atoms with Crippen LogP contribution < -0.4 is 4.90 Å². The van der Waals surface area contributed by atoms with E-state index in [1.165, 1.54) is 75.5 Å². The second kappa shape index (κ2) is 13.7. The molecule has 1 heterocycles. The van der Waals surface area contributed by atoms with Gasteiger partial charge in [-0.15, -0.1) is 11.3 Å². The molecule has 0 bridgehead atoms. The first-order chi connectivity index (χ1) is 26.8. The second-order valence-corrected chi connectivity index (χ2v) is 14.8. The zero-order chi connectivity index (χ0) is 35.8. The van der Waals surface area contributed by atoms with Crippen molar-refractivity contribution < 1.29 is 0 Å². The Hall–Kier alpha value is -6.74. The highest BCUT2D eigenvalue weighted by molar-refractivity contribution is 7.25. The van der Waals surface area contributed by atoms with Crippen molar-refractivity contribution in [3.8, 4) is 44.5 Å². The summed E-state index contributed by atoms with van der Waals surface area (Å²) in [5, 5.41) is 5.14. The lowest BCUT2D eigenvalue weighted by molar-refractivity contribution is 1.28. The number of anilines is 3. The summed E-state index contributed by atoms with van der Waals surface area (Å²) in [5.41, 5.74) is 13.0. The molecule has 0 aliphatic rings. The van der Waals surface area contributed by atoms with Gasteiger partial charge in [0.25, 0.3) is 0 Å². The first-order valence-electron chi connectivity index (χ1n) is 18.4. The quantitative estimate of drug-likeness (QED) is 0.160. The van der Waals surface area contributed by atoms with E-state index < -0.39 is 0 Å². The van der Waals surface area contributed by atoms with E-state index in [4.69, 9.17) is 0 Å². The van der Waals surface area contributed by atoms with Gasteiger partial charge in [-0.1, -0.05) is 164 Å². The van der Waals surface area contributed by atoms with Crippen LogP contribution in [0.4, 0.5) is 17.1 Å². The standard InChI is InChI=1S/C52H35NS/c1-3-13-36(14-4-1)37-25-30-42(31-26-37)53(43-32-27-40(28-33-43)45-21-11-18-38-17-7-8-19-44(38)45)49-34-29-41(35-48(49)39-15-5-2-6-16-39)46-22-12-24-51-52(46)47-20-9-10-23-50(47)54-51/h1-35H. The van der Waals surface area contributed by atoms with E-state index in [-0.39, 0.29) is 0 Å². The molecule has 54 heavy (non-hydrogen) atoms. The molecule has 0 spiro atoms. The van der Waals surface area contributed by atoms with Crippen LogP contribution in [-0.2, 0) is 0 Å². The van der Waals surface area contributed by atoms with E-state index in [1.807, 2.05) is 11.3 Å².